The lowest BCUT2D eigenvalue weighted by molar-refractivity contribution is 0.726. The summed E-state index contributed by atoms with van der Waals surface area (Å²) >= 11 is 0. The monoisotopic (exact) mass is 248 g/mol. The Balaban J connectivity index is 2.12. The molecule has 1 aliphatic heterocycles. The molecular weight excluding hydrogens is 224 g/mol. The van der Waals surface area contributed by atoms with E-state index in [4.69, 9.17) is 0 Å². The van der Waals surface area contributed by atoms with E-state index in [1.54, 1.807) is 0 Å². The van der Waals surface area contributed by atoms with Crippen LogP contribution in [0, 0.1) is 6.92 Å². The molecule has 4 nitrogen and oxygen atoms in total. The number of aromatic nitrogens is 2. The summed E-state index contributed by atoms with van der Waals surface area (Å²) in [5, 5.41) is 3.28. The van der Waals surface area contributed by atoms with Crippen molar-refractivity contribution >= 4 is 11.8 Å². The van der Waals surface area contributed by atoms with E-state index in [-0.39, 0.29) is 0 Å². The minimum Gasteiger partial charge on any atom is -0.356 e. The van der Waals surface area contributed by atoms with Crippen molar-refractivity contribution in [1.29, 1.82) is 0 Å². The molecule has 0 spiro atoms. The van der Waals surface area contributed by atoms with Gasteiger partial charge in [0.1, 0.15) is 5.82 Å². The van der Waals surface area contributed by atoms with Crippen molar-refractivity contribution in [1.82, 2.24) is 9.97 Å². The molecule has 1 aliphatic rings. The van der Waals surface area contributed by atoms with Crippen LogP contribution in [0.15, 0.2) is 6.07 Å². The van der Waals surface area contributed by atoms with Crippen LogP contribution in [0.4, 0.5) is 11.8 Å². The predicted molar refractivity (Wildman–Crippen MR) is 76.2 cm³/mol. The molecule has 0 saturated carbocycles. The third-order valence-electron chi connectivity index (χ3n) is 3.30. The second-order valence-corrected chi connectivity index (χ2v) is 5.02. The maximum absolute atomic E-state index is 4.64. The molecule has 100 valence electrons. The van der Waals surface area contributed by atoms with Crippen LogP contribution in [-0.4, -0.2) is 29.6 Å². The van der Waals surface area contributed by atoms with Gasteiger partial charge >= 0.3 is 0 Å². The van der Waals surface area contributed by atoms with Gasteiger partial charge in [-0.1, -0.05) is 19.8 Å². The molecule has 0 atom stereocenters. The summed E-state index contributed by atoms with van der Waals surface area (Å²) in [7, 11) is 0. The first-order valence-electron chi connectivity index (χ1n) is 7.14. The standard InChI is InChI=1S/C14H24N4/c1-3-8-15-14-16-12(2)11-13(17-14)18-9-6-4-5-7-10-18/h11H,3-10H2,1-2H3,(H,15,16,17). The molecule has 1 N–H and O–H groups in total. The quantitative estimate of drug-likeness (QED) is 0.889. The van der Waals surface area contributed by atoms with Gasteiger partial charge in [-0.05, 0) is 26.2 Å². The summed E-state index contributed by atoms with van der Waals surface area (Å²) in [4.78, 5) is 11.5. The molecule has 1 aromatic heterocycles. The molecule has 1 fully saturated rings. The lowest BCUT2D eigenvalue weighted by Crippen LogP contribution is -2.25. The molecule has 0 aliphatic carbocycles. The zero-order valence-electron chi connectivity index (χ0n) is 11.6. The van der Waals surface area contributed by atoms with Crippen LogP contribution in [0.1, 0.15) is 44.7 Å². The van der Waals surface area contributed by atoms with Gasteiger partial charge in [0.25, 0.3) is 0 Å². The zero-order valence-corrected chi connectivity index (χ0v) is 11.6. The molecule has 1 aromatic rings. The van der Waals surface area contributed by atoms with Crippen molar-refractivity contribution in [2.45, 2.75) is 46.0 Å². The first-order valence-corrected chi connectivity index (χ1v) is 7.14. The Morgan fingerprint density at radius 3 is 2.56 bits per heavy atom. The van der Waals surface area contributed by atoms with E-state index in [1.165, 1.54) is 25.7 Å². The lowest BCUT2D eigenvalue weighted by Gasteiger charge is -2.22. The van der Waals surface area contributed by atoms with E-state index in [9.17, 15) is 0 Å². The Labute approximate surface area is 110 Å². The van der Waals surface area contributed by atoms with Crippen LogP contribution < -0.4 is 10.2 Å². The van der Waals surface area contributed by atoms with Gasteiger partial charge in [0, 0.05) is 31.4 Å². The number of nitrogens with zero attached hydrogens (tertiary/aromatic N) is 3. The van der Waals surface area contributed by atoms with Crippen molar-refractivity contribution in [3.05, 3.63) is 11.8 Å². The Kier molecular flexibility index (Phi) is 4.79. The molecule has 2 rings (SSSR count). The highest BCUT2D eigenvalue weighted by atomic mass is 15.2. The van der Waals surface area contributed by atoms with Gasteiger partial charge in [0.05, 0.1) is 0 Å². The number of hydrogen-bond donors (Lipinski definition) is 1. The number of rotatable bonds is 4. The Morgan fingerprint density at radius 1 is 1.17 bits per heavy atom. The SMILES string of the molecule is CCCNc1nc(C)cc(N2CCCCCC2)n1. The lowest BCUT2D eigenvalue weighted by atomic mass is 10.2. The highest BCUT2D eigenvalue weighted by Gasteiger charge is 2.12. The van der Waals surface area contributed by atoms with Crippen LogP contribution >= 0.6 is 0 Å². The molecule has 2 heterocycles. The summed E-state index contributed by atoms with van der Waals surface area (Å²) in [5.41, 5.74) is 1.04. The van der Waals surface area contributed by atoms with Gasteiger partial charge in [-0.3, -0.25) is 0 Å². The molecule has 0 bridgehead atoms. The van der Waals surface area contributed by atoms with E-state index in [0.717, 1.165) is 43.5 Å². The van der Waals surface area contributed by atoms with Crippen molar-refractivity contribution in [3.8, 4) is 0 Å². The normalized spacial score (nSPS) is 16.4. The third-order valence-corrected chi connectivity index (χ3v) is 3.30. The van der Waals surface area contributed by atoms with Gasteiger partial charge in [-0.25, -0.2) is 4.98 Å². The van der Waals surface area contributed by atoms with Crippen molar-refractivity contribution < 1.29 is 0 Å². The molecule has 0 radical (unpaired) electrons. The van der Waals surface area contributed by atoms with Crippen molar-refractivity contribution in [3.63, 3.8) is 0 Å². The average Bonchev–Trinajstić information content (AvgIpc) is 2.64. The zero-order chi connectivity index (χ0) is 12.8. The second kappa shape index (κ2) is 6.57. The number of aryl methyl sites for hydroxylation is 1. The highest BCUT2D eigenvalue weighted by Crippen LogP contribution is 2.19. The van der Waals surface area contributed by atoms with Gasteiger partial charge in [0.15, 0.2) is 0 Å². The smallest absolute Gasteiger partial charge is 0.224 e. The van der Waals surface area contributed by atoms with Crippen LogP contribution in [0.3, 0.4) is 0 Å². The fourth-order valence-electron chi connectivity index (χ4n) is 2.33. The fraction of sp³-hybridized carbons (Fsp3) is 0.714. The van der Waals surface area contributed by atoms with E-state index in [2.05, 4.69) is 33.2 Å². The van der Waals surface area contributed by atoms with E-state index in [0.29, 0.717) is 0 Å². The molecule has 0 amide bonds. The summed E-state index contributed by atoms with van der Waals surface area (Å²) in [6, 6.07) is 2.10. The van der Waals surface area contributed by atoms with Crippen molar-refractivity contribution in [2.24, 2.45) is 0 Å². The largest absolute Gasteiger partial charge is 0.356 e. The first-order chi connectivity index (χ1) is 8.79. The molecule has 0 unspecified atom stereocenters. The molecule has 0 aromatic carbocycles. The maximum atomic E-state index is 4.64. The predicted octanol–water partition coefficient (Wildman–Crippen LogP) is 2.99. The maximum Gasteiger partial charge on any atom is 0.224 e. The Bertz CT molecular complexity index is 370. The Hall–Kier alpha value is -1.32. The van der Waals surface area contributed by atoms with Crippen LogP contribution in [0.2, 0.25) is 0 Å². The number of anilines is 2. The van der Waals surface area contributed by atoms with E-state index < -0.39 is 0 Å². The number of hydrogen-bond acceptors (Lipinski definition) is 4. The van der Waals surface area contributed by atoms with Gasteiger partial charge < -0.3 is 10.2 Å². The summed E-state index contributed by atoms with van der Waals surface area (Å²) < 4.78 is 0. The summed E-state index contributed by atoms with van der Waals surface area (Å²) in [6.07, 6.45) is 6.35. The van der Waals surface area contributed by atoms with Crippen LogP contribution in [0.25, 0.3) is 0 Å². The second-order valence-electron chi connectivity index (χ2n) is 5.02. The van der Waals surface area contributed by atoms with Gasteiger partial charge in [-0.2, -0.15) is 4.98 Å². The van der Waals surface area contributed by atoms with Crippen molar-refractivity contribution in [2.75, 3.05) is 29.9 Å². The Morgan fingerprint density at radius 2 is 1.89 bits per heavy atom. The van der Waals surface area contributed by atoms with E-state index >= 15 is 0 Å². The molecular formula is C14H24N4. The van der Waals surface area contributed by atoms with Gasteiger partial charge in [-0.15, -0.1) is 0 Å². The topological polar surface area (TPSA) is 41.1 Å². The highest BCUT2D eigenvalue weighted by molar-refractivity contribution is 5.44. The van der Waals surface area contributed by atoms with Crippen LogP contribution in [0.5, 0.6) is 0 Å². The van der Waals surface area contributed by atoms with Crippen LogP contribution in [-0.2, 0) is 0 Å². The fourth-order valence-corrected chi connectivity index (χ4v) is 2.33. The minimum atomic E-state index is 0.774. The summed E-state index contributed by atoms with van der Waals surface area (Å²) in [5.74, 6) is 1.86. The number of nitrogens with one attached hydrogen (secondary N) is 1. The summed E-state index contributed by atoms with van der Waals surface area (Å²) in [6.45, 7) is 7.38. The molecule has 18 heavy (non-hydrogen) atoms. The third kappa shape index (κ3) is 3.59. The minimum absolute atomic E-state index is 0.774. The van der Waals surface area contributed by atoms with Gasteiger partial charge in [0.2, 0.25) is 5.95 Å². The van der Waals surface area contributed by atoms with E-state index in [1.807, 2.05) is 6.92 Å². The first kappa shape index (κ1) is 13.1. The molecule has 1 saturated heterocycles. The average molecular weight is 248 g/mol. The molecule has 4 heteroatoms.